The van der Waals surface area contributed by atoms with Crippen LogP contribution in [0, 0.1) is 0 Å². The molecule has 0 saturated heterocycles. The van der Waals surface area contributed by atoms with Gasteiger partial charge in [-0.05, 0) is 11.4 Å². The summed E-state index contributed by atoms with van der Waals surface area (Å²) in [5.74, 6) is -2.00. The molecule has 0 aliphatic heterocycles. The van der Waals surface area contributed by atoms with Crippen LogP contribution in [0.3, 0.4) is 0 Å². The first-order valence-corrected chi connectivity index (χ1v) is 4.74. The maximum atomic E-state index is 11.9. The minimum atomic E-state index is -4.86. The monoisotopic (exact) mass is 236 g/mol. The van der Waals surface area contributed by atoms with E-state index in [1.165, 1.54) is 18.4 Å². The molecule has 15 heavy (non-hydrogen) atoms. The van der Waals surface area contributed by atoms with Crippen molar-refractivity contribution in [2.45, 2.75) is 6.18 Å². The van der Waals surface area contributed by atoms with E-state index < -0.39 is 12.0 Å². The summed E-state index contributed by atoms with van der Waals surface area (Å²) in [4.78, 5) is 11.1. The Morgan fingerprint density at radius 1 is 1.53 bits per heavy atom. The van der Waals surface area contributed by atoms with Crippen LogP contribution < -0.4 is 0 Å². The molecule has 0 aliphatic rings. The van der Waals surface area contributed by atoms with Crippen molar-refractivity contribution in [3.05, 3.63) is 28.5 Å². The van der Waals surface area contributed by atoms with Crippen LogP contribution >= 0.6 is 11.3 Å². The number of carbonyl (C=O) groups is 1. The van der Waals surface area contributed by atoms with E-state index in [1.807, 2.05) is 0 Å². The van der Waals surface area contributed by atoms with E-state index in [1.54, 1.807) is 17.5 Å². The Bertz CT molecular complexity index is 365. The van der Waals surface area contributed by atoms with Crippen LogP contribution in [0.4, 0.5) is 13.2 Å². The summed E-state index contributed by atoms with van der Waals surface area (Å²) in [7, 11) is 1.22. The van der Waals surface area contributed by atoms with Gasteiger partial charge in [0.1, 0.15) is 5.76 Å². The van der Waals surface area contributed by atoms with Crippen LogP contribution in [0.1, 0.15) is 4.88 Å². The predicted molar refractivity (Wildman–Crippen MR) is 50.4 cm³/mol. The van der Waals surface area contributed by atoms with Gasteiger partial charge in [0.2, 0.25) is 0 Å². The van der Waals surface area contributed by atoms with E-state index in [9.17, 15) is 18.0 Å². The molecule has 82 valence electrons. The lowest BCUT2D eigenvalue weighted by atomic mass is 10.3. The van der Waals surface area contributed by atoms with Crippen LogP contribution in [0.2, 0.25) is 0 Å². The Morgan fingerprint density at radius 3 is 2.60 bits per heavy atom. The number of hydrogen-bond donors (Lipinski definition) is 0. The summed E-state index contributed by atoms with van der Waals surface area (Å²) in [6.07, 6.45) is -4.41. The molecule has 0 N–H and O–H groups in total. The normalized spacial score (nSPS) is 12.7. The van der Waals surface area contributed by atoms with Gasteiger partial charge in [0.15, 0.2) is 0 Å². The topological polar surface area (TPSA) is 26.3 Å². The van der Waals surface area contributed by atoms with Crippen molar-refractivity contribution in [2.24, 2.45) is 0 Å². The minimum absolute atomic E-state index is 0.0766. The molecular weight excluding hydrogens is 229 g/mol. The van der Waals surface area contributed by atoms with Crippen LogP contribution in [0.15, 0.2) is 23.6 Å². The van der Waals surface area contributed by atoms with Crippen molar-refractivity contribution in [1.29, 1.82) is 0 Å². The molecule has 0 aromatic carbocycles. The summed E-state index contributed by atoms with van der Waals surface area (Å²) in [5, 5.41) is 1.68. The third-order valence-electron chi connectivity index (χ3n) is 1.53. The highest BCUT2D eigenvalue weighted by Crippen LogP contribution is 2.24. The maximum Gasteiger partial charge on any atom is 0.454 e. The van der Waals surface area contributed by atoms with Gasteiger partial charge in [-0.1, -0.05) is 6.07 Å². The number of halogens is 3. The molecule has 0 radical (unpaired) electrons. The number of carbonyl (C=O) groups excluding carboxylic acids is 1. The lowest BCUT2D eigenvalue weighted by Gasteiger charge is -2.04. The quantitative estimate of drug-likeness (QED) is 0.595. The molecule has 1 aromatic rings. The van der Waals surface area contributed by atoms with Gasteiger partial charge in [-0.2, -0.15) is 13.2 Å². The first-order valence-electron chi connectivity index (χ1n) is 3.86. The first kappa shape index (κ1) is 11.8. The highest BCUT2D eigenvalue weighted by atomic mass is 32.1. The zero-order valence-electron chi connectivity index (χ0n) is 7.67. The molecule has 0 fully saturated rings. The predicted octanol–water partition coefficient (Wildman–Crippen LogP) is 2.87. The third kappa shape index (κ3) is 3.09. The Morgan fingerprint density at radius 2 is 2.20 bits per heavy atom. The van der Waals surface area contributed by atoms with Crippen molar-refractivity contribution in [3.8, 4) is 0 Å². The fourth-order valence-electron chi connectivity index (χ4n) is 0.850. The standard InChI is InChI=1S/C9H7F3O2S/c1-14-6(7-3-2-4-15-7)5-8(13)9(10,11)12/h2-5H,1H3/b6-5+. The summed E-state index contributed by atoms with van der Waals surface area (Å²) < 4.78 is 40.5. The fraction of sp³-hybridized carbons (Fsp3) is 0.222. The SMILES string of the molecule is CO/C(=C/C(=O)C(F)(F)F)c1cccs1. The third-order valence-corrected chi connectivity index (χ3v) is 2.41. The summed E-state index contributed by atoms with van der Waals surface area (Å²) in [6, 6.07) is 3.23. The van der Waals surface area contributed by atoms with Gasteiger partial charge >= 0.3 is 6.18 Å². The van der Waals surface area contributed by atoms with Crippen molar-refractivity contribution in [2.75, 3.05) is 7.11 Å². The van der Waals surface area contributed by atoms with Crippen molar-refractivity contribution in [1.82, 2.24) is 0 Å². The van der Waals surface area contributed by atoms with E-state index >= 15 is 0 Å². The molecule has 6 heteroatoms. The molecule has 0 saturated carbocycles. The van der Waals surface area contributed by atoms with Gasteiger partial charge in [-0.15, -0.1) is 11.3 Å². The number of alkyl halides is 3. The molecule has 1 heterocycles. The number of rotatable bonds is 3. The van der Waals surface area contributed by atoms with E-state index in [0.29, 0.717) is 11.0 Å². The largest absolute Gasteiger partial charge is 0.495 e. The Hall–Kier alpha value is -1.30. The number of ketones is 1. The summed E-state index contributed by atoms with van der Waals surface area (Å²) in [6.45, 7) is 0. The van der Waals surface area contributed by atoms with E-state index in [0.717, 1.165) is 0 Å². The van der Waals surface area contributed by atoms with Gasteiger partial charge in [-0.25, -0.2) is 0 Å². The van der Waals surface area contributed by atoms with Gasteiger partial charge in [0.05, 0.1) is 12.0 Å². The van der Waals surface area contributed by atoms with Crippen LogP contribution in [-0.2, 0) is 9.53 Å². The van der Waals surface area contributed by atoms with Crippen molar-refractivity contribution in [3.63, 3.8) is 0 Å². The lowest BCUT2D eigenvalue weighted by molar-refractivity contribution is -0.165. The average Bonchev–Trinajstić information content (AvgIpc) is 2.64. The average molecular weight is 236 g/mol. The van der Waals surface area contributed by atoms with Gasteiger partial charge in [-0.3, -0.25) is 4.79 Å². The molecule has 1 aromatic heterocycles. The lowest BCUT2D eigenvalue weighted by Crippen LogP contribution is -2.20. The Kier molecular flexibility index (Phi) is 3.52. The second-order valence-corrected chi connectivity index (χ2v) is 3.50. The molecule has 0 unspecified atom stereocenters. The fourth-order valence-corrected chi connectivity index (χ4v) is 1.57. The van der Waals surface area contributed by atoms with E-state index in [4.69, 9.17) is 4.74 Å². The first-order chi connectivity index (χ1) is 6.95. The smallest absolute Gasteiger partial charge is 0.454 e. The number of ether oxygens (including phenoxy) is 1. The second-order valence-electron chi connectivity index (χ2n) is 2.55. The molecule has 0 amide bonds. The molecule has 0 spiro atoms. The van der Waals surface area contributed by atoms with Gasteiger partial charge < -0.3 is 4.74 Å². The van der Waals surface area contributed by atoms with E-state index in [2.05, 4.69) is 0 Å². The van der Waals surface area contributed by atoms with Gasteiger partial charge in [0, 0.05) is 6.08 Å². The van der Waals surface area contributed by atoms with Crippen molar-refractivity contribution < 1.29 is 22.7 Å². The zero-order chi connectivity index (χ0) is 11.5. The summed E-state index contributed by atoms with van der Waals surface area (Å²) in [5.41, 5.74) is 0. The Balaban J connectivity index is 2.94. The van der Waals surface area contributed by atoms with Crippen LogP contribution in [0.5, 0.6) is 0 Å². The highest BCUT2D eigenvalue weighted by Gasteiger charge is 2.37. The number of methoxy groups -OCH3 is 1. The molecule has 0 atom stereocenters. The highest BCUT2D eigenvalue weighted by molar-refractivity contribution is 7.11. The molecule has 0 aliphatic carbocycles. The van der Waals surface area contributed by atoms with Crippen molar-refractivity contribution >= 4 is 22.9 Å². The molecule has 0 bridgehead atoms. The molecule has 2 nitrogen and oxygen atoms in total. The zero-order valence-corrected chi connectivity index (χ0v) is 8.48. The Labute approximate surface area is 88.0 Å². The van der Waals surface area contributed by atoms with Crippen LogP contribution in [-0.4, -0.2) is 19.1 Å². The van der Waals surface area contributed by atoms with E-state index in [-0.39, 0.29) is 5.76 Å². The second kappa shape index (κ2) is 4.48. The maximum absolute atomic E-state index is 11.9. The molecule has 1 rings (SSSR count). The number of hydrogen-bond acceptors (Lipinski definition) is 3. The van der Waals surface area contributed by atoms with Gasteiger partial charge in [0.25, 0.3) is 5.78 Å². The number of thiophene rings is 1. The minimum Gasteiger partial charge on any atom is -0.495 e. The summed E-state index contributed by atoms with van der Waals surface area (Å²) >= 11 is 1.20. The van der Waals surface area contributed by atoms with Crippen LogP contribution in [0.25, 0.3) is 5.76 Å². The molecular formula is C9H7F3O2S. The number of allylic oxidation sites excluding steroid dienone is 1.